The molecule has 0 radical (unpaired) electrons. The van der Waals surface area contributed by atoms with Crippen molar-refractivity contribution in [3.8, 4) is 23.0 Å². The number of aromatic hydroxyl groups is 1. The Morgan fingerprint density at radius 2 is 2.00 bits per heavy atom. The smallest absolute Gasteiger partial charge is 0.257 e. The molecule has 1 heterocycles. The average Bonchev–Trinajstić information content (AvgIpc) is 3.24. The van der Waals surface area contributed by atoms with E-state index in [0.717, 1.165) is 17.5 Å². The zero-order valence-corrected chi connectivity index (χ0v) is 19.2. The quantitative estimate of drug-likeness (QED) is 0.277. The lowest BCUT2D eigenvalue weighted by atomic mass is 10.1. The van der Waals surface area contributed by atoms with Crippen LogP contribution in [0.2, 0.25) is 0 Å². The number of aryl methyl sites for hydroxylation is 2. The summed E-state index contributed by atoms with van der Waals surface area (Å²) in [6.45, 7) is 3.84. The Kier molecular flexibility index (Phi) is 6.28. The third-order valence-electron chi connectivity index (χ3n) is 5.21. The number of thiocarbonyl (C=S) groups is 1. The molecule has 0 unspecified atom stereocenters. The van der Waals surface area contributed by atoms with E-state index in [0.29, 0.717) is 39.6 Å². The van der Waals surface area contributed by atoms with Crippen LogP contribution in [0.5, 0.6) is 11.5 Å². The molecule has 0 fully saturated rings. The third-order valence-corrected chi connectivity index (χ3v) is 5.41. The van der Waals surface area contributed by atoms with Gasteiger partial charge in [-0.25, -0.2) is 4.98 Å². The number of methoxy groups -OCH3 is 1. The van der Waals surface area contributed by atoms with Crippen LogP contribution in [0.4, 0.5) is 5.69 Å². The number of ether oxygens (including phenoxy) is 1. The van der Waals surface area contributed by atoms with E-state index in [1.165, 1.54) is 7.11 Å². The minimum atomic E-state index is -0.368. The summed E-state index contributed by atoms with van der Waals surface area (Å²) in [6.07, 6.45) is 0.890. The second kappa shape index (κ2) is 9.30. The second-order valence-corrected chi connectivity index (χ2v) is 7.91. The molecule has 0 saturated heterocycles. The number of phenols is 1. The minimum Gasteiger partial charge on any atom is -0.507 e. The highest BCUT2D eigenvalue weighted by Gasteiger charge is 2.17. The molecule has 0 aliphatic carbocycles. The second-order valence-electron chi connectivity index (χ2n) is 7.50. The SMILES string of the molecule is CCc1ccc2oc(-c3cc(NC(=S)NC(=O)c4cccc(OC)c4)cc(C)c3O)nc2c1. The molecule has 0 aliphatic rings. The number of aromatic nitrogens is 1. The Hall–Kier alpha value is -3.91. The first-order valence-corrected chi connectivity index (χ1v) is 10.8. The molecule has 0 saturated carbocycles. The van der Waals surface area contributed by atoms with Crippen molar-refractivity contribution in [2.75, 3.05) is 12.4 Å². The van der Waals surface area contributed by atoms with Crippen LogP contribution in [0.25, 0.3) is 22.6 Å². The molecular formula is C25H23N3O4S. The molecule has 8 heteroatoms. The topological polar surface area (TPSA) is 96.6 Å². The van der Waals surface area contributed by atoms with Crippen LogP contribution in [-0.4, -0.2) is 28.2 Å². The zero-order chi connectivity index (χ0) is 23.5. The first kappa shape index (κ1) is 22.3. The number of amides is 1. The molecule has 4 rings (SSSR count). The van der Waals surface area contributed by atoms with Crippen LogP contribution in [0.3, 0.4) is 0 Å². The Bertz CT molecular complexity index is 1360. The maximum atomic E-state index is 12.5. The number of carbonyl (C=O) groups is 1. The van der Waals surface area contributed by atoms with E-state index < -0.39 is 0 Å². The van der Waals surface area contributed by atoms with Crippen molar-refractivity contribution < 1.29 is 19.1 Å². The van der Waals surface area contributed by atoms with E-state index in [-0.39, 0.29) is 16.8 Å². The zero-order valence-electron chi connectivity index (χ0n) is 18.4. The molecule has 33 heavy (non-hydrogen) atoms. The van der Waals surface area contributed by atoms with E-state index in [1.54, 1.807) is 43.3 Å². The van der Waals surface area contributed by atoms with Gasteiger partial charge < -0.3 is 19.6 Å². The molecule has 3 aromatic carbocycles. The largest absolute Gasteiger partial charge is 0.507 e. The molecule has 4 aromatic rings. The molecule has 0 aliphatic heterocycles. The number of carbonyl (C=O) groups excluding carboxylic acids is 1. The summed E-state index contributed by atoms with van der Waals surface area (Å²) in [6, 6.07) is 16.0. The summed E-state index contributed by atoms with van der Waals surface area (Å²) < 4.78 is 11.0. The number of anilines is 1. The van der Waals surface area contributed by atoms with E-state index >= 15 is 0 Å². The van der Waals surface area contributed by atoms with Crippen LogP contribution in [0.1, 0.15) is 28.4 Å². The van der Waals surface area contributed by atoms with Crippen molar-refractivity contribution in [2.24, 2.45) is 0 Å². The van der Waals surface area contributed by atoms with Gasteiger partial charge in [0.25, 0.3) is 5.91 Å². The maximum absolute atomic E-state index is 12.5. The molecule has 1 amide bonds. The van der Waals surface area contributed by atoms with Gasteiger partial charge in [-0.2, -0.15) is 0 Å². The van der Waals surface area contributed by atoms with E-state index in [1.807, 2.05) is 18.2 Å². The molecule has 0 bridgehead atoms. The standard InChI is InChI=1S/C25H23N3O4S/c1-4-15-8-9-21-20(11-15)27-24(32-21)19-13-17(10-14(2)22(19)29)26-25(33)28-23(30)16-6-5-7-18(12-16)31-3/h5-13,29H,4H2,1-3H3,(H2,26,28,30,33). The van der Waals surface area contributed by atoms with Gasteiger partial charge in [0.2, 0.25) is 5.89 Å². The predicted octanol–water partition coefficient (Wildman–Crippen LogP) is 5.21. The number of hydrogen-bond donors (Lipinski definition) is 3. The van der Waals surface area contributed by atoms with E-state index in [2.05, 4.69) is 22.5 Å². The molecular weight excluding hydrogens is 438 g/mol. The lowest BCUT2D eigenvalue weighted by Gasteiger charge is -2.13. The lowest BCUT2D eigenvalue weighted by Crippen LogP contribution is -2.34. The fourth-order valence-corrected chi connectivity index (χ4v) is 3.64. The minimum absolute atomic E-state index is 0.0640. The van der Waals surface area contributed by atoms with Gasteiger partial charge in [-0.1, -0.05) is 19.1 Å². The van der Waals surface area contributed by atoms with Gasteiger partial charge in [0, 0.05) is 11.3 Å². The van der Waals surface area contributed by atoms with Crippen LogP contribution in [-0.2, 0) is 6.42 Å². The van der Waals surface area contributed by atoms with Crippen molar-refractivity contribution in [1.82, 2.24) is 10.3 Å². The molecule has 168 valence electrons. The van der Waals surface area contributed by atoms with Crippen LogP contribution < -0.4 is 15.4 Å². The monoisotopic (exact) mass is 461 g/mol. The van der Waals surface area contributed by atoms with Gasteiger partial charge in [0.15, 0.2) is 10.7 Å². The van der Waals surface area contributed by atoms with Gasteiger partial charge in [-0.05, 0) is 79.2 Å². The predicted molar refractivity (Wildman–Crippen MR) is 132 cm³/mol. The molecule has 3 N–H and O–H groups in total. The highest BCUT2D eigenvalue weighted by atomic mass is 32.1. The normalized spacial score (nSPS) is 10.8. The van der Waals surface area contributed by atoms with Gasteiger partial charge in [0.1, 0.15) is 17.0 Å². The third kappa shape index (κ3) is 4.80. The van der Waals surface area contributed by atoms with Crippen molar-refractivity contribution in [2.45, 2.75) is 20.3 Å². The Morgan fingerprint density at radius 3 is 2.76 bits per heavy atom. The highest BCUT2D eigenvalue weighted by molar-refractivity contribution is 7.80. The van der Waals surface area contributed by atoms with Gasteiger partial charge in [-0.3, -0.25) is 10.1 Å². The summed E-state index contributed by atoms with van der Waals surface area (Å²) in [5.41, 5.74) is 4.53. The van der Waals surface area contributed by atoms with Crippen molar-refractivity contribution in [3.05, 3.63) is 71.3 Å². The Balaban J connectivity index is 1.57. The van der Waals surface area contributed by atoms with E-state index in [9.17, 15) is 9.90 Å². The highest BCUT2D eigenvalue weighted by Crippen LogP contribution is 2.36. The van der Waals surface area contributed by atoms with Gasteiger partial charge in [-0.15, -0.1) is 0 Å². The number of phenolic OH excluding ortho intramolecular Hbond substituents is 1. The molecule has 0 atom stereocenters. The first-order valence-electron chi connectivity index (χ1n) is 10.4. The Labute approximate surface area is 196 Å². The van der Waals surface area contributed by atoms with Gasteiger partial charge >= 0.3 is 0 Å². The van der Waals surface area contributed by atoms with Crippen molar-refractivity contribution in [1.29, 1.82) is 0 Å². The molecule has 0 spiro atoms. The fraction of sp³-hybridized carbons (Fsp3) is 0.160. The lowest BCUT2D eigenvalue weighted by molar-refractivity contribution is 0.0977. The van der Waals surface area contributed by atoms with Gasteiger partial charge in [0.05, 0.1) is 12.7 Å². The number of hydrogen-bond acceptors (Lipinski definition) is 6. The van der Waals surface area contributed by atoms with Crippen LogP contribution >= 0.6 is 12.2 Å². The number of benzene rings is 3. The summed E-state index contributed by atoms with van der Waals surface area (Å²) >= 11 is 5.31. The van der Waals surface area contributed by atoms with E-state index in [4.69, 9.17) is 21.4 Å². The number of rotatable bonds is 5. The van der Waals surface area contributed by atoms with Crippen molar-refractivity contribution >= 4 is 40.0 Å². The summed E-state index contributed by atoms with van der Waals surface area (Å²) in [5, 5.41) is 16.4. The number of fused-ring (bicyclic) bond motifs is 1. The number of nitrogens with zero attached hydrogens (tertiary/aromatic N) is 1. The number of oxazole rings is 1. The van der Waals surface area contributed by atoms with Crippen LogP contribution in [0.15, 0.2) is 59.0 Å². The van der Waals surface area contributed by atoms with Crippen LogP contribution in [0, 0.1) is 6.92 Å². The summed E-state index contributed by atoms with van der Waals surface area (Å²) in [5.74, 6) is 0.570. The molecule has 7 nitrogen and oxygen atoms in total. The summed E-state index contributed by atoms with van der Waals surface area (Å²) in [7, 11) is 1.54. The van der Waals surface area contributed by atoms with Crippen molar-refractivity contribution in [3.63, 3.8) is 0 Å². The Morgan fingerprint density at radius 1 is 1.18 bits per heavy atom. The first-order chi connectivity index (χ1) is 15.9. The maximum Gasteiger partial charge on any atom is 0.257 e. The average molecular weight is 462 g/mol. The summed E-state index contributed by atoms with van der Waals surface area (Å²) in [4.78, 5) is 17.1. The molecule has 1 aromatic heterocycles. The number of nitrogens with one attached hydrogen (secondary N) is 2. The fourth-order valence-electron chi connectivity index (χ4n) is 3.42.